The second-order valence-electron chi connectivity index (χ2n) is 4.34. The summed E-state index contributed by atoms with van der Waals surface area (Å²) in [4.78, 5) is 11.8. The van der Waals surface area contributed by atoms with Gasteiger partial charge < -0.3 is 10.5 Å². The Labute approximate surface area is 115 Å². The topological polar surface area (TPSA) is 52.3 Å². The number of hydrogen-bond donors (Lipinski definition) is 1. The monoisotopic (exact) mass is 277 g/mol. The number of hydrogen-bond acceptors (Lipinski definition) is 3. The first-order valence-corrected chi connectivity index (χ1v) is 5.95. The minimum atomic E-state index is -0.751. The van der Waals surface area contributed by atoms with Crippen molar-refractivity contribution in [1.82, 2.24) is 0 Å². The summed E-state index contributed by atoms with van der Waals surface area (Å²) < 4.78 is 31.8. The van der Waals surface area contributed by atoms with Crippen LogP contribution in [0.25, 0.3) is 0 Å². The minimum Gasteiger partial charge on any atom is -0.457 e. The predicted octanol–water partition coefficient (Wildman–Crippen LogP) is 3.21. The summed E-state index contributed by atoms with van der Waals surface area (Å²) in [5.74, 6) is -1.79. The van der Waals surface area contributed by atoms with E-state index >= 15 is 0 Å². The van der Waals surface area contributed by atoms with Crippen molar-refractivity contribution < 1.29 is 18.3 Å². The van der Waals surface area contributed by atoms with E-state index in [0.717, 1.165) is 6.07 Å². The van der Waals surface area contributed by atoms with Gasteiger partial charge in [0.2, 0.25) is 0 Å². The van der Waals surface area contributed by atoms with Crippen molar-refractivity contribution in [3.63, 3.8) is 0 Å². The van der Waals surface area contributed by atoms with Crippen molar-refractivity contribution in [3.8, 4) is 0 Å². The number of nitrogen functional groups attached to an aromatic ring is 1. The van der Waals surface area contributed by atoms with Crippen molar-refractivity contribution in [3.05, 3.63) is 64.7 Å². The molecule has 0 aliphatic carbocycles. The number of ether oxygens (including phenoxy) is 1. The largest absolute Gasteiger partial charge is 0.457 e. The molecule has 0 aliphatic rings. The van der Waals surface area contributed by atoms with Crippen LogP contribution >= 0.6 is 0 Å². The van der Waals surface area contributed by atoms with E-state index in [4.69, 9.17) is 10.5 Å². The summed E-state index contributed by atoms with van der Waals surface area (Å²) in [6, 6.07) is 8.34. The third kappa shape index (κ3) is 2.93. The van der Waals surface area contributed by atoms with Gasteiger partial charge in [-0.05, 0) is 25.1 Å². The van der Waals surface area contributed by atoms with Crippen LogP contribution < -0.4 is 5.73 Å². The van der Waals surface area contributed by atoms with E-state index in [1.807, 2.05) is 0 Å². The molecule has 0 saturated carbocycles. The van der Waals surface area contributed by atoms with Gasteiger partial charge in [0, 0.05) is 16.8 Å². The number of rotatable bonds is 3. The zero-order valence-corrected chi connectivity index (χ0v) is 10.8. The summed E-state index contributed by atoms with van der Waals surface area (Å²) in [6.07, 6.45) is 0. The summed E-state index contributed by atoms with van der Waals surface area (Å²) >= 11 is 0. The van der Waals surface area contributed by atoms with Crippen LogP contribution in [0.3, 0.4) is 0 Å². The number of carbonyl (C=O) groups excluding carboxylic acids is 1. The molecule has 0 aromatic heterocycles. The van der Waals surface area contributed by atoms with Crippen molar-refractivity contribution in [2.45, 2.75) is 13.5 Å². The van der Waals surface area contributed by atoms with Gasteiger partial charge in [-0.2, -0.15) is 0 Å². The molecule has 0 fully saturated rings. The lowest BCUT2D eigenvalue weighted by Gasteiger charge is -2.08. The second kappa shape index (κ2) is 5.69. The maximum Gasteiger partial charge on any atom is 0.338 e. The molecule has 5 heteroatoms. The number of halogens is 2. The first-order valence-electron chi connectivity index (χ1n) is 5.95. The van der Waals surface area contributed by atoms with Crippen LogP contribution in [0.1, 0.15) is 21.5 Å². The van der Waals surface area contributed by atoms with E-state index in [1.54, 1.807) is 6.07 Å². The first kappa shape index (κ1) is 14.0. The molecule has 104 valence electrons. The Morgan fingerprint density at radius 1 is 1.20 bits per heavy atom. The van der Waals surface area contributed by atoms with Crippen LogP contribution in [0.15, 0.2) is 36.4 Å². The Morgan fingerprint density at radius 2 is 1.90 bits per heavy atom. The van der Waals surface area contributed by atoms with E-state index in [-0.39, 0.29) is 29.0 Å². The van der Waals surface area contributed by atoms with Crippen LogP contribution in [-0.2, 0) is 11.3 Å². The molecular formula is C15H13F2NO2. The minimum absolute atomic E-state index is 0.00180. The average Bonchev–Trinajstić information content (AvgIpc) is 2.43. The van der Waals surface area contributed by atoms with Crippen molar-refractivity contribution >= 4 is 11.7 Å². The lowest BCUT2D eigenvalue weighted by molar-refractivity contribution is 0.0468. The van der Waals surface area contributed by atoms with Crippen LogP contribution in [0.5, 0.6) is 0 Å². The Balaban J connectivity index is 2.11. The van der Waals surface area contributed by atoms with Crippen LogP contribution in [0, 0.1) is 18.6 Å². The maximum absolute atomic E-state index is 13.5. The van der Waals surface area contributed by atoms with Gasteiger partial charge in [-0.25, -0.2) is 13.6 Å². The molecule has 0 atom stereocenters. The number of benzene rings is 2. The van der Waals surface area contributed by atoms with E-state index in [2.05, 4.69) is 0 Å². The molecular weight excluding hydrogens is 264 g/mol. The number of anilines is 1. The van der Waals surface area contributed by atoms with Gasteiger partial charge in [-0.15, -0.1) is 0 Å². The highest BCUT2D eigenvalue weighted by Crippen LogP contribution is 2.18. The van der Waals surface area contributed by atoms with Gasteiger partial charge in [0.05, 0.1) is 5.56 Å². The predicted molar refractivity (Wildman–Crippen MR) is 71.1 cm³/mol. The molecule has 0 heterocycles. The van der Waals surface area contributed by atoms with Crippen LogP contribution in [0.4, 0.5) is 14.5 Å². The van der Waals surface area contributed by atoms with Gasteiger partial charge in [0.15, 0.2) is 0 Å². The Bertz CT molecular complexity index is 633. The van der Waals surface area contributed by atoms with E-state index in [1.165, 1.54) is 31.2 Å². The summed E-state index contributed by atoms with van der Waals surface area (Å²) in [5.41, 5.74) is 6.28. The molecule has 0 amide bonds. The Hall–Kier alpha value is -2.43. The molecule has 0 saturated heterocycles. The van der Waals surface area contributed by atoms with Crippen molar-refractivity contribution in [1.29, 1.82) is 0 Å². The normalized spacial score (nSPS) is 10.3. The molecule has 0 unspecified atom stereocenters. The van der Waals surface area contributed by atoms with E-state index in [0.29, 0.717) is 0 Å². The van der Waals surface area contributed by atoms with Gasteiger partial charge >= 0.3 is 5.97 Å². The molecule has 0 bridgehead atoms. The molecule has 2 aromatic carbocycles. The third-order valence-electron chi connectivity index (χ3n) is 2.94. The van der Waals surface area contributed by atoms with Gasteiger partial charge in [0.1, 0.15) is 18.2 Å². The highest BCUT2D eigenvalue weighted by atomic mass is 19.1. The maximum atomic E-state index is 13.5. The fourth-order valence-electron chi connectivity index (χ4n) is 1.66. The summed E-state index contributed by atoms with van der Waals surface area (Å²) in [7, 11) is 0. The standard InChI is InChI=1S/C15H13F2NO2/c1-9-13(17)6-11(7-14(9)18)15(19)20-8-10-4-2-3-5-12(10)16/h2-7H,8,18H2,1H3. The molecule has 2 aromatic rings. The van der Waals surface area contributed by atoms with Gasteiger partial charge in [-0.1, -0.05) is 18.2 Å². The van der Waals surface area contributed by atoms with Crippen LogP contribution in [0.2, 0.25) is 0 Å². The SMILES string of the molecule is Cc1c(N)cc(C(=O)OCc2ccccc2F)cc1F. The number of nitrogens with two attached hydrogens (primary N) is 1. The highest BCUT2D eigenvalue weighted by molar-refractivity contribution is 5.90. The Kier molecular flexibility index (Phi) is 3.98. The smallest absolute Gasteiger partial charge is 0.338 e. The Morgan fingerprint density at radius 3 is 2.55 bits per heavy atom. The fourth-order valence-corrected chi connectivity index (χ4v) is 1.66. The number of esters is 1. The zero-order chi connectivity index (χ0) is 14.7. The number of carbonyl (C=O) groups is 1. The average molecular weight is 277 g/mol. The zero-order valence-electron chi connectivity index (χ0n) is 10.8. The first-order chi connectivity index (χ1) is 9.49. The molecule has 0 spiro atoms. The molecule has 0 radical (unpaired) electrons. The van der Waals surface area contributed by atoms with Crippen LogP contribution in [-0.4, -0.2) is 5.97 Å². The van der Waals surface area contributed by atoms with Crippen molar-refractivity contribution in [2.75, 3.05) is 5.73 Å². The van der Waals surface area contributed by atoms with Crippen molar-refractivity contribution in [2.24, 2.45) is 0 Å². The second-order valence-corrected chi connectivity index (χ2v) is 4.34. The molecule has 20 heavy (non-hydrogen) atoms. The molecule has 2 N–H and O–H groups in total. The van der Waals surface area contributed by atoms with Gasteiger partial charge in [-0.3, -0.25) is 0 Å². The quantitative estimate of drug-likeness (QED) is 0.692. The lowest BCUT2D eigenvalue weighted by atomic mass is 10.1. The van der Waals surface area contributed by atoms with E-state index < -0.39 is 17.6 Å². The third-order valence-corrected chi connectivity index (χ3v) is 2.94. The lowest BCUT2D eigenvalue weighted by Crippen LogP contribution is -2.08. The highest BCUT2D eigenvalue weighted by Gasteiger charge is 2.13. The fraction of sp³-hybridized carbons (Fsp3) is 0.133. The van der Waals surface area contributed by atoms with Gasteiger partial charge in [0.25, 0.3) is 0 Å². The molecule has 2 rings (SSSR count). The molecule has 0 aliphatic heterocycles. The summed E-state index contributed by atoms with van der Waals surface area (Å²) in [5, 5.41) is 0. The van der Waals surface area contributed by atoms with E-state index in [9.17, 15) is 13.6 Å². The summed E-state index contributed by atoms with van der Waals surface area (Å²) in [6.45, 7) is 1.29. The molecule has 3 nitrogen and oxygen atoms in total.